The lowest BCUT2D eigenvalue weighted by molar-refractivity contribution is -0.155. The molecule has 7 nitrogen and oxygen atoms in total. The van der Waals surface area contributed by atoms with Crippen molar-refractivity contribution in [1.29, 1.82) is 0 Å². The Morgan fingerprint density at radius 1 is 1.26 bits per heavy atom. The second kappa shape index (κ2) is 10.7. The maximum Gasteiger partial charge on any atom is 0.309 e. The normalized spacial score (nSPS) is 37.5. The summed E-state index contributed by atoms with van der Waals surface area (Å²) in [6.45, 7) is 10.4. The molecule has 0 unspecified atom stereocenters. The van der Waals surface area contributed by atoms with Crippen molar-refractivity contribution in [1.82, 2.24) is 4.98 Å². The van der Waals surface area contributed by atoms with Crippen LogP contribution in [0.1, 0.15) is 77.4 Å². The largest absolute Gasteiger partial charge is 0.455 e. The number of cyclic esters (lactones) is 1. The van der Waals surface area contributed by atoms with E-state index in [-0.39, 0.29) is 24.2 Å². The summed E-state index contributed by atoms with van der Waals surface area (Å²) in [6, 6.07) is 0. The van der Waals surface area contributed by atoms with E-state index in [0.29, 0.717) is 18.5 Å². The average molecular weight is 512 g/mol. The lowest BCUT2D eigenvalue weighted by atomic mass is 9.73. The van der Waals surface area contributed by atoms with Gasteiger partial charge >= 0.3 is 5.97 Å². The van der Waals surface area contributed by atoms with Gasteiger partial charge in [0.1, 0.15) is 11.6 Å². The molecule has 0 spiro atoms. The Morgan fingerprint density at radius 2 is 1.94 bits per heavy atom. The van der Waals surface area contributed by atoms with Crippen LogP contribution in [0.5, 0.6) is 0 Å². The maximum absolute atomic E-state index is 15.3. The molecule has 0 radical (unpaired) electrons. The van der Waals surface area contributed by atoms with E-state index in [9.17, 15) is 19.8 Å². The van der Waals surface area contributed by atoms with Gasteiger partial charge in [-0.25, -0.2) is 9.37 Å². The molecular formula is C26H38FNO6S. The van der Waals surface area contributed by atoms with Gasteiger partial charge in [-0.2, -0.15) is 0 Å². The first kappa shape index (κ1) is 27.9. The number of halogens is 1. The van der Waals surface area contributed by atoms with Crippen LogP contribution in [0.25, 0.3) is 6.08 Å². The molecule has 35 heavy (non-hydrogen) atoms. The molecule has 0 amide bonds. The van der Waals surface area contributed by atoms with Crippen LogP contribution >= 0.6 is 11.3 Å². The summed E-state index contributed by atoms with van der Waals surface area (Å²) < 4.78 is 26.7. The first-order chi connectivity index (χ1) is 16.2. The summed E-state index contributed by atoms with van der Waals surface area (Å²) in [5.74, 6) is -2.62. The quantitative estimate of drug-likeness (QED) is 0.448. The number of epoxide rings is 1. The van der Waals surface area contributed by atoms with Crippen molar-refractivity contribution in [3.05, 3.63) is 21.9 Å². The van der Waals surface area contributed by atoms with Gasteiger partial charge in [-0.1, -0.05) is 34.1 Å². The zero-order valence-electron chi connectivity index (χ0n) is 21.4. The fourth-order valence-electron chi connectivity index (χ4n) is 4.86. The predicted octanol–water partition coefficient (Wildman–Crippen LogP) is 4.38. The molecule has 0 saturated carbocycles. The summed E-state index contributed by atoms with van der Waals surface area (Å²) in [7, 11) is 0. The molecule has 7 atom stereocenters. The van der Waals surface area contributed by atoms with Crippen LogP contribution in [0, 0.1) is 24.2 Å². The summed E-state index contributed by atoms with van der Waals surface area (Å²) in [6.07, 6.45) is -0.593. The van der Waals surface area contributed by atoms with Crippen molar-refractivity contribution in [3.63, 3.8) is 0 Å². The van der Waals surface area contributed by atoms with Crippen LogP contribution in [0.15, 0.2) is 11.2 Å². The van der Waals surface area contributed by atoms with Crippen molar-refractivity contribution < 1.29 is 33.7 Å². The van der Waals surface area contributed by atoms with E-state index in [4.69, 9.17) is 9.47 Å². The van der Waals surface area contributed by atoms with Crippen molar-refractivity contribution in [3.8, 4) is 0 Å². The van der Waals surface area contributed by atoms with Gasteiger partial charge in [0.2, 0.25) is 0 Å². The number of aliphatic hydroxyl groups is 2. The number of fused-ring (bicyclic) bond motifs is 1. The minimum Gasteiger partial charge on any atom is -0.455 e. The zero-order chi connectivity index (χ0) is 26.1. The Kier molecular flexibility index (Phi) is 8.57. The second-order valence-electron chi connectivity index (χ2n) is 10.9. The summed E-state index contributed by atoms with van der Waals surface area (Å²) in [5, 5.41) is 24.1. The molecule has 1 aromatic heterocycles. The number of ether oxygens (including phenoxy) is 2. The van der Waals surface area contributed by atoms with Crippen LogP contribution in [-0.4, -0.2) is 57.0 Å². The summed E-state index contributed by atoms with van der Waals surface area (Å²) in [5.41, 5.74) is -1.32. The minimum absolute atomic E-state index is 0.129. The number of carbonyl (C=O) groups excluding carboxylic acids is 2. The molecule has 3 heterocycles. The highest BCUT2D eigenvalue weighted by Gasteiger charge is 2.53. The molecule has 1 aromatic rings. The Balaban J connectivity index is 1.85. The molecule has 196 valence electrons. The number of thiazole rings is 1. The van der Waals surface area contributed by atoms with E-state index in [2.05, 4.69) is 4.98 Å². The van der Waals surface area contributed by atoms with E-state index in [1.807, 2.05) is 20.8 Å². The van der Waals surface area contributed by atoms with E-state index in [1.165, 1.54) is 17.4 Å². The maximum atomic E-state index is 15.3. The van der Waals surface area contributed by atoms with E-state index >= 15 is 4.39 Å². The van der Waals surface area contributed by atoms with Crippen molar-refractivity contribution in [2.75, 3.05) is 0 Å². The zero-order valence-corrected chi connectivity index (χ0v) is 22.2. The Bertz CT molecular complexity index is 961. The highest BCUT2D eigenvalue weighted by atomic mass is 32.1. The molecule has 0 aliphatic carbocycles. The van der Waals surface area contributed by atoms with Gasteiger partial charge in [0, 0.05) is 17.7 Å². The lowest BCUT2D eigenvalue weighted by Gasteiger charge is -2.34. The van der Waals surface area contributed by atoms with E-state index < -0.39 is 53.5 Å². The fraction of sp³-hybridized carbons (Fsp3) is 0.731. The van der Waals surface area contributed by atoms with Gasteiger partial charge in [-0.3, -0.25) is 9.59 Å². The SMILES string of the molecule is Cc1nc(/C=C(\F)[C@@H]2C[C@@H]3O[C@]3(C)CCC[C@H](C)[C@H](O)[C@@H](C)C(=O)C(C)(C)[C@@H](O)CC(=O)O2)cs1. The topological polar surface area (TPSA) is 109 Å². The minimum atomic E-state index is -1.35. The Labute approximate surface area is 210 Å². The van der Waals surface area contributed by atoms with Crippen LogP contribution < -0.4 is 0 Å². The fourth-order valence-corrected chi connectivity index (χ4v) is 5.44. The number of hydrogen-bond acceptors (Lipinski definition) is 8. The summed E-state index contributed by atoms with van der Waals surface area (Å²) in [4.78, 5) is 30.2. The number of carbonyl (C=O) groups is 2. The van der Waals surface area contributed by atoms with Crippen LogP contribution in [0.3, 0.4) is 0 Å². The number of esters is 1. The highest BCUT2D eigenvalue weighted by molar-refractivity contribution is 7.09. The number of aryl methyl sites for hydroxylation is 1. The third-order valence-electron chi connectivity index (χ3n) is 7.64. The standard InChI is InChI=1S/C26H38FNO6S/c1-14-8-7-9-26(6)21(34-26)11-19(18(27)10-17-13-35-16(3)28-17)33-22(30)12-20(29)25(4,5)24(32)15(2)23(14)31/h10,13-15,19-21,23,29,31H,7-9,11-12H2,1-6H3/b18-10-/t14-,15+,19-,20-,21-,23-,26+/m0/s1. The van der Waals surface area contributed by atoms with Gasteiger partial charge in [-0.15, -0.1) is 11.3 Å². The number of rotatable bonds is 2. The number of ketones is 1. The van der Waals surface area contributed by atoms with Crippen LogP contribution in [0.4, 0.5) is 4.39 Å². The number of Topliss-reactive ketones (excluding diaryl/α,β-unsaturated/α-hetero) is 1. The predicted molar refractivity (Wildman–Crippen MR) is 131 cm³/mol. The molecule has 3 rings (SSSR count). The Morgan fingerprint density at radius 3 is 2.57 bits per heavy atom. The molecular weight excluding hydrogens is 473 g/mol. The van der Waals surface area contributed by atoms with Gasteiger partial charge in [0.15, 0.2) is 6.10 Å². The third-order valence-corrected chi connectivity index (χ3v) is 8.43. The molecule has 9 heteroatoms. The monoisotopic (exact) mass is 511 g/mol. The first-order valence-corrected chi connectivity index (χ1v) is 13.2. The van der Waals surface area contributed by atoms with Gasteiger partial charge in [0.05, 0.1) is 46.5 Å². The lowest BCUT2D eigenvalue weighted by Crippen LogP contribution is -2.45. The van der Waals surface area contributed by atoms with Gasteiger partial charge in [0.25, 0.3) is 0 Å². The number of aromatic nitrogens is 1. The molecule has 0 aromatic carbocycles. The van der Waals surface area contributed by atoms with Crippen LogP contribution in [0.2, 0.25) is 0 Å². The molecule has 2 saturated heterocycles. The highest BCUT2D eigenvalue weighted by Crippen LogP contribution is 2.45. The smallest absolute Gasteiger partial charge is 0.309 e. The number of nitrogens with zero attached hydrogens (tertiary/aromatic N) is 1. The second-order valence-corrected chi connectivity index (χ2v) is 12.0. The number of hydrogen-bond donors (Lipinski definition) is 2. The molecule has 2 N–H and O–H groups in total. The Hall–Kier alpha value is -1.68. The molecule has 2 aliphatic heterocycles. The van der Waals surface area contributed by atoms with E-state index in [0.717, 1.165) is 11.4 Å². The van der Waals surface area contributed by atoms with Gasteiger partial charge in [-0.05, 0) is 38.7 Å². The first-order valence-electron chi connectivity index (χ1n) is 12.3. The van der Waals surface area contributed by atoms with Gasteiger partial charge < -0.3 is 19.7 Å². The van der Waals surface area contributed by atoms with Crippen molar-refractivity contribution in [2.45, 2.75) is 104 Å². The van der Waals surface area contributed by atoms with E-state index in [1.54, 1.807) is 26.2 Å². The molecule has 0 bridgehead atoms. The molecule has 2 fully saturated rings. The molecule has 2 aliphatic rings. The van der Waals surface area contributed by atoms with Crippen molar-refractivity contribution >= 4 is 29.2 Å². The van der Waals surface area contributed by atoms with Crippen molar-refractivity contribution in [2.24, 2.45) is 17.3 Å². The number of aliphatic hydroxyl groups excluding tert-OH is 2. The third kappa shape index (κ3) is 6.56. The summed E-state index contributed by atoms with van der Waals surface area (Å²) >= 11 is 1.39. The average Bonchev–Trinajstić information content (AvgIpc) is 3.22. The van der Waals surface area contributed by atoms with Crippen LogP contribution in [-0.2, 0) is 19.1 Å².